The predicted octanol–water partition coefficient (Wildman–Crippen LogP) is 2.44. The zero-order chi connectivity index (χ0) is 18.2. The Labute approximate surface area is 147 Å². The van der Waals surface area contributed by atoms with Gasteiger partial charge in [-0.25, -0.2) is 8.42 Å². The number of aryl methyl sites for hydroxylation is 1. The number of amides is 1. The number of nitrogens with zero attached hydrogens (tertiary/aromatic N) is 2. The van der Waals surface area contributed by atoms with Crippen molar-refractivity contribution in [2.75, 3.05) is 12.4 Å². The largest absolute Gasteiger partial charge is 0.338 e. The number of sulfonamides is 1. The molecule has 1 N–H and O–H groups in total. The molecule has 3 rings (SSSR count). The molecule has 0 bridgehead atoms. The number of aromatic nitrogens is 1. The van der Waals surface area contributed by atoms with Gasteiger partial charge in [0, 0.05) is 24.2 Å². The Hall–Kier alpha value is -2.19. The first-order valence-electron chi connectivity index (χ1n) is 8.17. The first-order chi connectivity index (χ1) is 11.8. The van der Waals surface area contributed by atoms with Crippen LogP contribution >= 0.6 is 0 Å². The van der Waals surface area contributed by atoms with Crippen molar-refractivity contribution in [3.8, 4) is 0 Å². The molecule has 0 saturated carbocycles. The SMILES string of the molecule is CC(C)N(C)S(=O)(=O)c1ccc(C(=O)Nc2onc3c2CCC3)cc1. The van der Waals surface area contributed by atoms with Gasteiger partial charge in [0.15, 0.2) is 0 Å². The van der Waals surface area contributed by atoms with Crippen LogP contribution in [0.4, 0.5) is 5.88 Å². The summed E-state index contributed by atoms with van der Waals surface area (Å²) in [6.45, 7) is 3.60. The van der Waals surface area contributed by atoms with Gasteiger partial charge >= 0.3 is 0 Å². The summed E-state index contributed by atoms with van der Waals surface area (Å²) in [7, 11) is -2.03. The Morgan fingerprint density at radius 1 is 1.24 bits per heavy atom. The molecule has 0 spiro atoms. The maximum atomic E-state index is 12.4. The van der Waals surface area contributed by atoms with Gasteiger partial charge in [0.1, 0.15) is 0 Å². The number of nitrogens with one attached hydrogen (secondary N) is 1. The van der Waals surface area contributed by atoms with E-state index < -0.39 is 10.0 Å². The predicted molar refractivity (Wildman–Crippen MR) is 93.0 cm³/mol. The normalized spacial score (nSPS) is 14.1. The summed E-state index contributed by atoms with van der Waals surface area (Å²) in [4.78, 5) is 12.5. The van der Waals surface area contributed by atoms with Crippen LogP contribution in [0.1, 0.15) is 41.9 Å². The maximum Gasteiger partial charge on any atom is 0.258 e. The van der Waals surface area contributed by atoms with E-state index in [9.17, 15) is 13.2 Å². The highest BCUT2D eigenvalue weighted by Gasteiger charge is 2.24. The lowest BCUT2D eigenvalue weighted by Crippen LogP contribution is -2.33. The van der Waals surface area contributed by atoms with Crippen LogP contribution in [0.3, 0.4) is 0 Å². The third kappa shape index (κ3) is 3.32. The molecule has 1 heterocycles. The quantitative estimate of drug-likeness (QED) is 0.881. The number of carbonyl (C=O) groups excluding carboxylic acids is 1. The van der Waals surface area contributed by atoms with Crippen LogP contribution in [0.25, 0.3) is 0 Å². The van der Waals surface area contributed by atoms with Crippen LogP contribution < -0.4 is 5.32 Å². The third-order valence-corrected chi connectivity index (χ3v) is 6.51. The first-order valence-corrected chi connectivity index (χ1v) is 9.61. The van der Waals surface area contributed by atoms with E-state index in [1.54, 1.807) is 13.8 Å². The van der Waals surface area contributed by atoms with Crippen molar-refractivity contribution in [1.29, 1.82) is 0 Å². The van der Waals surface area contributed by atoms with Crippen LogP contribution in [0.15, 0.2) is 33.7 Å². The van der Waals surface area contributed by atoms with Crippen molar-refractivity contribution in [2.24, 2.45) is 0 Å². The smallest absolute Gasteiger partial charge is 0.258 e. The summed E-state index contributed by atoms with van der Waals surface area (Å²) >= 11 is 0. The van der Waals surface area contributed by atoms with Gasteiger partial charge < -0.3 is 4.52 Å². The van der Waals surface area contributed by atoms with E-state index >= 15 is 0 Å². The fourth-order valence-corrected chi connectivity index (χ4v) is 4.09. The summed E-state index contributed by atoms with van der Waals surface area (Å²) in [5.41, 5.74) is 2.20. The summed E-state index contributed by atoms with van der Waals surface area (Å²) in [6.07, 6.45) is 2.71. The maximum absolute atomic E-state index is 12.4. The van der Waals surface area contributed by atoms with Crippen LogP contribution in [0, 0.1) is 0 Å². The van der Waals surface area contributed by atoms with Crippen molar-refractivity contribution >= 4 is 21.8 Å². The minimum atomic E-state index is -3.57. The second-order valence-corrected chi connectivity index (χ2v) is 8.38. The molecule has 25 heavy (non-hydrogen) atoms. The van der Waals surface area contributed by atoms with Gasteiger partial charge in [-0.05, 0) is 57.4 Å². The first kappa shape index (κ1) is 17.6. The molecule has 0 radical (unpaired) electrons. The number of carbonyl (C=O) groups is 1. The van der Waals surface area contributed by atoms with Gasteiger partial charge in [-0.2, -0.15) is 4.31 Å². The fraction of sp³-hybridized carbons (Fsp3) is 0.412. The second kappa shape index (κ2) is 6.61. The average molecular weight is 363 g/mol. The number of anilines is 1. The summed E-state index contributed by atoms with van der Waals surface area (Å²) in [5, 5.41) is 6.66. The minimum absolute atomic E-state index is 0.151. The number of fused-ring (bicyclic) bond motifs is 1. The van der Waals surface area contributed by atoms with Crippen LogP contribution in [0.5, 0.6) is 0 Å². The fourth-order valence-electron chi connectivity index (χ4n) is 2.72. The number of hydrogen-bond acceptors (Lipinski definition) is 5. The van der Waals surface area contributed by atoms with E-state index in [-0.39, 0.29) is 16.8 Å². The Bertz CT molecular complexity index is 885. The molecule has 0 unspecified atom stereocenters. The van der Waals surface area contributed by atoms with Crippen molar-refractivity contribution in [3.63, 3.8) is 0 Å². The highest BCUT2D eigenvalue weighted by Crippen LogP contribution is 2.28. The third-order valence-electron chi connectivity index (χ3n) is 4.46. The molecule has 7 nitrogen and oxygen atoms in total. The molecule has 1 aliphatic carbocycles. The molecule has 0 aliphatic heterocycles. The van der Waals surface area contributed by atoms with Crippen molar-refractivity contribution in [2.45, 2.75) is 44.0 Å². The number of rotatable bonds is 5. The monoisotopic (exact) mass is 363 g/mol. The molecule has 0 atom stereocenters. The molecule has 1 aromatic heterocycles. The number of hydrogen-bond donors (Lipinski definition) is 1. The zero-order valence-electron chi connectivity index (χ0n) is 14.4. The van der Waals surface area contributed by atoms with E-state index in [0.29, 0.717) is 11.4 Å². The molecule has 1 aliphatic rings. The second-order valence-electron chi connectivity index (χ2n) is 6.38. The Kier molecular flexibility index (Phi) is 4.66. The van der Waals surface area contributed by atoms with Gasteiger partial charge in [-0.3, -0.25) is 10.1 Å². The van der Waals surface area contributed by atoms with Crippen LogP contribution in [-0.2, 0) is 22.9 Å². The summed E-state index contributed by atoms with van der Waals surface area (Å²) in [5.74, 6) is 0.0285. The minimum Gasteiger partial charge on any atom is -0.338 e. The van der Waals surface area contributed by atoms with Gasteiger partial charge in [0.25, 0.3) is 5.91 Å². The topological polar surface area (TPSA) is 92.5 Å². The summed E-state index contributed by atoms with van der Waals surface area (Å²) < 4.78 is 31.4. The van der Waals surface area contributed by atoms with Gasteiger partial charge in [0.05, 0.1) is 10.6 Å². The highest BCUT2D eigenvalue weighted by molar-refractivity contribution is 7.89. The van der Waals surface area contributed by atoms with Gasteiger partial charge in [-0.1, -0.05) is 5.16 Å². The Morgan fingerprint density at radius 2 is 1.92 bits per heavy atom. The lowest BCUT2D eigenvalue weighted by molar-refractivity contribution is 0.102. The molecule has 0 fully saturated rings. The average Bonchev–Trinajstić information content (AvgIpc) is 3.19. The Morgan fingerprint density at radius 3 is 2.56 bits per heavy atom. The van der Waals surface area contributed by atoms with Crippen molar-refractivity contribution < 1.29 is 17.7 Å². The standard InChI is InChI=1S/C17H21N3O4S/c1-11(2)20(3)25(22,23)13-9-7-12(8-10-13)16(21)18-17-14-5-4-6-15(14)19-24-17/h7-11H,4-6H2,1-3H3,(H,18,21). The van der Waals surface area contributed by atoms with E-state index in [1.807, 2.05) is 0 Å². The molecule has 1 aromatic carbocycles. The molecule has 1 amide bonds. The molecular formula is C17H21N3O4S. The molecule has 0 saturated heterocycles. The van der Waals surface area contributed by atoms with E-state index in [4.69, 9.17) is 4.52 Å². The van der Waals surface area contributed by atoms with Crippen LogP contribution in [0.2, 0.25) is 0 Å². The van der Waals surface area contributed by atoms with E-state index in [1.165, 1.54) is 35.6 Å². The van der Waals surface area contributed by atoms with Crippen molar-refractivity contribution in [3.05, 3.63) is 41.1 Å². The zero-order valence-corrected chi connectivity index (χ0v) is 15.3. The van der Waals surface area contributed by atoms with E-state index in [2.05, 4.69) is 10.5 Å². The van der Waals surface area contributed by atoms with Gasteiger partial charge in [-0.15, -0.1) is 0 Å². The van der Waals surface area contributed by atoms with E-state index in [0.717, 1.165) is 30.5 Å². The van der Waals surface area contributed by atoms with Crippen molar-refractivity contribution in [1.82, 2.24) is 9.46 Å². The molecular weight excluding hydrogens is 342 g/mol. The highest BCUT2D eigenvalue weighted by atomic mass is 32.2. The molecule has 134 valence electrons. The Balaban J connectivity index is 1.77. The summed E-state index contributed by atoms with van der Waals surface area (Å²) in [6, 6.07) is 5.71. The van der Waals surface area contributed by atoms with Gasteiger partial charge in [0.2, 0.25) is 15.9 Å². The molecule has 8 heteroatoms. The molecule has 2 aromatic rings. The lowest BCUT2D eigenvalue weighted by Gasteiger charge is -2.21. The number of benzene rings is 1. The van der Waals surface area contributed by atoms with Crippen LogP contribution in [-0.4, -0.2) is 36.9 Å². The lowest BCUT2D eigenvalue weighted by atomic mass is 10.2.